The van der Waals surface area contributed by atoms with Crippen molar-refractivity contribution in [1.29, 1.82) is 0 Å². The second-order valence-corrected chi connectivity index (χ2v) is 12.3. The minimum Gasteiger partial charge on any atom is -0.353 e. The highest BCUT2D eigenvalue weighted by Gasteiger charge is 2.28. The molecule has 13 heteroatoms. The van der Waals surface area contributed by atoms with E-state index in [1.807, 2.05) is 4.90 Å². The van der Waals surface area contributed by atoms with E-state index < -0.39 is 21.5 Å². The van der Waals surface area contributed by atoms with Crippen molar-refractivity contribution in [3.8, 4) is 22.6 Å². The number of carbonyl (C=O) groups is 1. The van der Waals surface area contributed by atoms with Gasteiger partial charge in [0, 0.05) is 49.4 Å². The van der Waals surface area contributed by atoms with Crippen molar-refractivity contribution in [2.45, 2.75) is 11.3 Å². The van der Waals surface area contributed by atoms with Crippen LogP contribution in [-0.2, 0) is 14.6 Å². The summed E-state index contributed by atoms with van der Waals surface area (Å²) < 4.78 is 26.7. The van der Waals surface area contributed by atoms with Crippen LogP contribution in [0.15, 0.2) is 58.4 Å². The summed E-state index contributed by atoms with van der Waals surface area (Å²) in [5.41, 5.74) is 2.65. The standard InChI is InChI=1S/C27H22ClN7O4S/c28-21-13-20-24-26(32-21)35-8-2-7-34(9-10-35)22(36)14-40(38,39)16-4-1-3-15(11-16)23-17-12-18(25(30-20)33-24)27(37)31-19(17)5-6-29-23/h1,3-6,11-13H,2,7-10,14H2,(H,30,33)(H,31,37). The summed E-state index contributed by atoms with van der Waals surface area (Å²) in [5.74, 6) is -0.228. The first kappa shape index (κ1) is 24.7. The molecule has 0 spiro atoms. The van der Waals surface area contributed by atoms with Gasteiger partial charge in [-0.2, -0.15) is 0 Å². The average molecular weight is 576 g/mol. The van der Waals surface area contributed by atoms with Gasteiger partial charge in [0.1, 0.15) is 22.2 Å². The number of sulfone groups is 1. The number of benzene rings is 1. The lowest BCUT2D eigenvalue weighted by Gasteiger charge is -2.23. The summed E-state index contributed by atoms with van der Waals surface area (Å²) in [6, 6.07) is 11.4. The molecule has 202 valence electrons. The molecule has 2 N–H and O–H groups in total. The predicted molar refractivity (Wildman–Crippen MR) is 151 cm³/mol. The fourth-order valence-electron chi connectivity index (χ4n) is 5.40. The van der Waals surface area contributed by atoms with Gasteiger partial charge in [-0.05, 0) is 30.7 Å². The Bertz CT molecular complexity index is 2020. The number of hydrogen-bond donors (Lipinski definition) is 2. The lowest BCUT2D eigenvalue weighted by Crippen LogP contribution is -2.38. The molecule has 1 fully saturated rings. The van der Waals surface area contributed by atoms with E-state index in [-0.39, 0.29) is 21.2 Å². The number of halogens is 1. The van der Waals surface area contributed by atoms with Crippen molar-refractivity contribution >= 4 is 55.1 Å². The van der Waals surface area contributed by atoms with Crippen LogP contribution >= 0.6 is 11.6 Å². The molecule has 0 atom stereocenters. The first-order chi connectivity index (χ1) is 19.3. The Morgan fingerprint density at radius 2 is 1.73 bits per heavy atom. The van der Waals surface area contributed by atoms with E-state index in [1.165, 1.54) is 12.1 Å². The summed E-state index contributed by atoms with van der Waals surface area (Å²) in [6.07, 6.45) is 2.15. The molecule has 5 aromatic rings. The van der Waals surface area contributed by atoms with Crippen LogP contribution in [0.4, 0.5) is 5.82 Å². The van der Waals surface area contributed by atoms with Gasteiger partial charge in [-0.25, -0.2) is 18.4 Å². The Morgan fingerprint density at radius 1 is 0.900 bits per heavy atom. The van der Waals surface area contributed by atoms with Gasteiger partial charge in [0.25, 0.3) is 5.56 Å². The predicted octanol–water partition coefficient (Wildman–Crippen LogP) is 3.01. The number of aromatic nitrogens is 5. The van der Waals surface area contributed by atoms with Crippen LogP contribution < -0.4 is 10.5 Å². The van der Waals surface area contributed by atoms with Crippen LogP contribution in [0, 0.1) is 0 Å². The van der Waals surface area contributed by atoms with Crippen molar-refractivity contribution in [3.05, 3.63) is 64.2 Å². The monoisotopic (exact) mass is 575 g/mol. The Morgan fingerprint density at radius 3 is 2.60 bits per heavy atom. The highest BCUT2D eigenvalue weighted by atomic mass is 35.5. The van der Waals surface area contributed by atoms with Crippen LogP contribution in [0.25, 0.3) is 44.6 Å². The van der Waals surface area contributed by atoms with Crippen molar-refractivity contribution in [2.24, 2.45) is 0 Å². The van der Waals surface area contributed by atoms with Gasteiger partial charge in [0.2, 0.25) is 5.91 Å². The number of amides is 1. The summed E-state index contributed by atoms with van der Waals surface area (Å²) in [5, 5.41) is 0.858. The SMILES string of the molecule is O=C1CS(=O)(=O)c2cccc(c2)-c2nccc3[nH]c(=O)c(cc23)-c2nc3c(nc(Cl)cc3[nH]2)N2CCCN1CC2. The topological polar surface area (TPSA) is 145 Å². The number of pyridine rings is 3. The van der Waals surface area contributed by atoms with Crippen molar-refractivity contribution < 1.29 is 13.2 Å². The molecule has 0 aliphatic carbocycles. The lowest BCUT2D eigenvalue weighted by molar-refractivity contribution is -0.128. The van der Waals surface area contributed by atoms with E-state index >= 15 is 0 Å². The van der Waals surface area contributed by atoms with E-state index in [0.717, 1.165) is 0 Å². The molecule has 0 radical (unpaired) electrons. The first-order valence-corrected chi connectivity index (χ1v) is 14.7. The quantitative estimate of drug-likeness (QED) is 0.268. The Balaban J connectivity index is 1.51. The normalized spacial score (nSPS) is 17.0. The molecule has 11 nitrogen and oxygen atoms in total. The van der Waals surface area contributed by atoms with Crippen LogP contribution in [0.2, 0.25) is 5.15 Å². The highest BCUT2D eigenvalue weighted by molar-refractivity contribution is 7.92. The van der Waals surface area contributed by atoms with Gasteiger partial charge in [-0.15, -0.1) is 0 Å². The van der Waals surface area contributed by atoms with Crippen molar-refractivity contribution in [3.63, 3.8) is 0 Å². The van der Waals surface area contributed by atoms with E-state index in [0.29, 0.717) is 77.4 Å². The molecule has 8 bridgehead atoms. The molecular weight excluding hydrogens is 554 g/mol. The Labute approximate surface area is 232 Å². The minimum atomic E-state index is -3.94. The molecule has 7 rings (SSSR count). The lowest BCUT2D eigenvalue weighted by atomic mass is 10.1. The molecule has 4 aromatic heterocycles. The van der Waals surface area contributed by atoms with Gasteiger partial charge < -0.3 is 19.8 Å². The van der Waals surface area contributed by atoms with Crippen molar-refractivity contribution in [2.75, 3.05) is 36.8 Å². The largest absolute Gasteiger partial charge is 0.353 e. The van der Waals surface area contributed by atoms with Crippen molar-refractivity contribution in [1.82, 2.24) is 29.8 Å². The third-order valence-corrected chi connectivity index (χ3v) is 9.17. The maximum Gasteiger partial charge on any atom is 0.259 e. The number of rotatable bonds is 0. The molecular formula is C27H22ClN7O4S. The minimum absolute atomic E-state index is 0.0284. The molecule has 1 saturated heterocycles. The van der Waals surface area contributed by atoms with Gasteiger partial charge in [-0.3, -0.25) is 14.6 Å². The van der Waals surface area contributed by atoms with Crippen LogP contribution in [0.3, 0.4) is 0 Å². The zero-order valence-electron chi connectivity index (χ0n) is 21.0. The molecule has 2 aliphatic rings. The zero-order valence-corrected chi connectivity index (χ0v) is 22.6. The fourth-order valence-corrected chi connectivity index (χ4v) is 6.86. The number of H-pyrrole nitrogens is 2. The highest BCUT2D eigenvalue weighted by Crippen LogP contribution is 2.32. The summed E-state index contributed by atoms with van der Waals surface area (Å²) in [7, 11) is -3.94. The number of anilines is 1. The number of fused-ring (bicyclic) bond motifs is 10. The van der Waals surface area contributed by atoms with Gasteiger partial charge in [0.05, 0.1) is 27.2 Å². The number of aromatic amines is 2. The van der Waals surface area contributed by atoms with E-state index in [4.69, 9.17) is 16.6 Å². The number of nitrogens with zero attached hydrogens (tertiary/aromatic N) is 5. The molecule has 1 aromatic carbocycles. The number of carbonyl (C=O) groups excluding carboxylic acids is 1. The molecule has 2 aliphatic heterocycles. The van der Waals surface area contributed by atoms with Gasteiger partial charge >= 0.3 is 0 Å². The molecule has 1 amide bonds. The van der Waals surface area contributed by atoms with Crippen LogP contribution in [0.5, 0.6) is 0 Å². The average Bonchev–Trinajstić information content (AvgIpc) is 3.19. The maximum absolute atomic E-state index is 13.4. The third kappa shape index (κ3) is 4.11. The van der Waals surface area contributed by atoms with Crippen LogP contribution in [0.1, 0.15) is 6.42 Å². The van der Waals surface area contributed by atoms with Crippen LogP contribution in [-0.4, -0.2) is 76.1 Å². The number of imidazole rings is 1. The zero-order chi connectivity index (χ0) is 27.6. The Hall–Kier alpha value is -4.29. The molecule has 0 unspecified atom stereocenters. The van der Waals surface area contributed by atoms with E-state index in [2.05, 4.69) is 19.9 Å². The number of nitrogens with one attached hydrogen (secondary N) is 2. The smallest absolute Gasteiger partial charge is 0.259 e. The summed E-state index contributed by atoms with van der Waals surface area (Å²) >= 11 is 6.39. The second-order valence-electron chi connectivity index (χ2n) is 9.89. The third-order valence-electron chi connectivity index (χ3n) is 7.37. The summed E-state index contributed by atoms with van der Waals surface area (Å²) in [6.45, 7) is 1.70. The fraction of sp³-hybridized carbons (Fsp3) is 0.222. The molecule has 40 heavy (non-hydrogen) atoms. The first-order valence-electron chi connectivity index (χ1n) is 12.7. The molecule has 6 heterocycles. The van der Waals surface area contributed by atoms with E-state index in [1.54, 1.807) is 41.4 Å². The summed E-state index contributed by atoms with van der Waals surface area (Å²) in [4.78, 5) is 50.0. The molecule has 0 saturated carbocycles. The Kier molecular flexibility index (Phi) is 5.65. The van der Waals surface area contributed by atoms with E-state index in [9.17, 15) is 18.0 Å². The number of hydrogen-bond acceptors (Lipinski definition) is 8. The van der Waals surface area contributed by atoms with Gasteiger partial charge in [0.15, 0.2) is 15.7 Å². The van der Waals surface area contributed by atoms with Gasteiger partial charge in [-0.1, -0.05) is 23.7 Å². The maximum atomic E-state index is 13.4. The second kappa shape index (κ2) is 9.14.